The second-order valence-electron chi connectivity index (χ2n) is 6.19. The van der Waals surface area contributed by atoms with Crippen LogP contribution in [0.15, 0.2) is 34.9 Å². The molecule has 2 aromatic rings. The molecular weight excluding hydrogens is 344 g/mol. The number of hydrogen-bond acceptors (Lipinski definition) is 4. The van der Waals surface area contributed by atoms with E-state index in [2.05, 4.69) is 4.98 Å². The number of aryl methyl sites for hydroxylation is 1. The van der Waals surface area contributed by atoms with E-state index < -0.39 is 11.9 Å². The van der Waals surface area contributed by atoms with E-state index in [4.69, 9.17) is 21.1 Å². The summed E-state index contributed by atoms with van der Waals surface area (Å²) in [5.41, 5.74) is 0.868. The smallest absolute Gasteiger partial charge is 0.308 e. The van der Waals surface area contributed by atoms with Crippen LogP contribution in [0.4, 0.5) is 0 Å². The fourth-order valence-electron chi connectivity index (χ4n) is 3.15. The summed E-state index contributed by atoms with van der Waals surface area (Å²) in [5, 5.41) is 9.79. The van der Waals surface area contributed by atoms with Gasteiger partial charge in [-0.25, -0.2) is 4.98 Å². The second kappa shape index (κ2) is 7.27. The predicted molar refractivity (Wildman–Crippen MR) is 92.2 cm³/mol. The first-order valence-electron chi connectivity index (χ1n) is 8.18. The Balaban J connectivity index is 1.58. The number of nitrogens with zero attached hydrogens (tertiary/aromatic N) is 2. The monoisotopic (exact) mass is 362 g/mol. The third-order valence-electron chi connectivity index (χ3n) is 4.63. The summed E-state index contributed by atoms with van der Waals surface area (Å²) in [7, 11) is 0. The van der Waals surface area contributed by atoms with Gasteiger partial charge in [-0.3, -0.25) is 9.59 Å². The van der Waals surface area contributed by atoms with Gasteiger partial charge in [-0.2, -0.15) is 0 Å². The maximum absolute atomic E-state index is 12.4. The molecule has 1 saturated heterocycles. The molecule has 25 heavy (non-hydrogen) atoms. The average molecular weight is 363 g/mol. The van der Waals surface area contributed by atoms with Gasteiger partial charge in [-0.15, -0.1) is 0 Å². The molecule has 7 heteroatoms. The lowest BCUT2D eigenvalue weighted by atomic mass is 10.0. The van der Waals surface area contributed by atoms with Crippen LogP contribution in [0.1, 0.15) is 25.7 Å². The lowest BCUT2D eigenvalue weighted by Crippen LogP contribution is -2.37. The number of carbonyl (C=O) groups is 2. The van der Waals surface area contributed by atoms with Crippen LogP contribution in [0.25, 0.3) is 11.3 Å². The molecule has 2 unspecified atom stereocenters. The summed E-state index contributed by atoms with van der Waals surface area (Å²) in [6.45, 7) is 2.27. The van der Waals surface area contributed by atoms with Crippen LogP contribution < -0.4 is 0 Å². The largest absolute Gasteiger partial charge is 0.481 e. The number of aromatic nitrogens is 1. The van der Waals surface area contributed by atoms with Gasteiger partial charge in [0.2, 0.25) is 5.91 Å². The molecule has 132 valence electrons. The number of amides is 1. The molecule has 1 fully saturated rings. The maximum atomic E-state index is 12.4. The summed E-state index contributed by atoms with van der Waals surface area (Å²) in [6, 6.07) is 6.96. The third-order valence-corrected chi connectivity index (χ3v) is 4.88. The highest BCUT2D eigenvalue weighted by Crippen LogP contribution is 2.26. The first kappa shape index (κ1) is 17.5. The van der Waals surface area contributed by atoms with E-state index in [0.29, 0.717) is 36.1 Å². The number of carbonyl (C=O) groups excluding carboxylic acids is 1. The summed E-state index contributed by atoms with van der Waals surface area (Å²) >= 11 is 5.87. The molecule has 3 rings (SSSR count). The van der Waals surface area contributed by atoms with Crippen molar-refractivity contribution in [1.82, 2.24) is 9.88 Å². The minimum absolute atomic E-state index is 0.0671. The minimum Gasteiger partial charge on any atom is -0.481 e. The highest BCUT2D eigenvalue weighted by Gasteiger charge is 2.37. The predicted octanol–water partition coefficient (Wildman–Crippen LogP) is 3.25. The number of likely N-dealkylation sites (tertiary alicyclic amines) is 1. The molecule has 2 atom stereocenters. The topological polar surface area (TPSA) is 83.6 Å². The van der Waals surface area contributed by atoms with Gasteiger partial charge in [-0.1, -0.05) is 11.6 Å². The molecule has 0 radical (unpaired) electrons. The van der Waals surface area contributed by atoms with Gasteiger partial charge >= 0.3 is 5.97 Å². The molecule has 1 aromatic carbocycles. The molecule has 0 saturated carbocycles. The van der Waals surface area contributed by atoms with Crippen molar-refractivity contribution in [2.24, 2.45) is 5.92 Å². The van der Waals surface area contributed by atoms with Crippen LogP contribution in [-0.4, -0.2) is 39.5 Å². The summed E-state index contributed by atoms with van der Waals surface area (Å²) in [6.07, 6.45) is 2.76. The van der Waals surface area contributed by atoms with E-state index in [-0.39, 0.29) is 18.4 Å². The molecule has 0 aliphatic carbocycles. The molecule has 6 nitrogen and oxygen atoms in total. The van der Waals surface area contributed by atoms with Crippen LogP contribution in [0.5, 0.6) is 0 Å². The molecule has 1 amide bonds. The van der Waals surface area contributed by atoms with Crippen molar-refractivity contribution in [3.8, 4) is 11.3 Å². The first-order chi connectivity index (χ1) is 12.0. The Kier molecular flexibility index (Phi) is 5.08. The average Bonchev–Trinajstić information content (AvgIpc) is 3.20. The fraction of sp³-hybridized carbons (Fsp3) is 0.389. The number of carboxylic acids is 1. The van der Waals surface area contributed by atoms with Crippen molar-refractivity contribution in [2.75, 3.05) is 6.54 Å². The second-order valence-corrected chi connectivity index (χ2v) is 6.62. The van der Waals surface area contributed by atoms with Crippen molar-refractivity contribution in [3.05, 3.63) is 41.4 Å². The summed E-state index contributed by atoms with van der Waals surface area (Å²) in [4.78, 5) is 29.4. The van der Waals surface area contributed by atoms with Gasteiger partial charge in [0.05, 0.1) is 12.1 Å². The van der Waals surface area contributed by atoms with Gasteiger partial charge in [0.1, 0.15) is 0 Å². The van der Waals surface area contributed by atoms with Crippen molar-refractivity contribution in [3.63, 3.8) is 0 Å². The molecule has 0 spiro atoms. The highest BCUT2D eigenvalue weighted by atomic mass is 35.5. The van der Waals surface area contributed by atoms with Gasteiger partial charge in [-0.05, 0) is 37.6 Å². The van der Waals surface area contributed by atoms with Crippen molar-refractivity contribution in [2.45, 2.75) is 32.2 Å². The number of halogens is 1. The van der Waals surface area contributed by atoms with E-state index in [0.717, 1.165) is 5.56 Å². The van der Waals surface area contributed by atoms with E-state index in [9.17, 15) is 9.59 Å². The Morgan fingerprint density at radius 2 is 2.08 bits per heavy atom. The number of benzene rings is 1. The van der Waals surface area contributed by atoms with Gasteiger partial charge < -0.3 is 14.4 Å². The normalized spacial score (nSPS) is 20.0. The standard InChI is InChI=1S/C18H19ClN2O4/c1-11-14(18(23)24)8-9-21(11)17(22)7-6-16-20-10-15(25-16)12-2-4-13(19)5-3-12/h2-5,10-11,14H,6-9H2,1H3,(H,23,24). The SMILES string of the molecule is CC1C(C(=O)O)CCN1C(=O)CCc1ncc(-c2ccc(Cl)cc2)o1. The quantitative estimate of drug-likeness (QED) is 0.882. The number of aliphatic carboxylic acids is 1. The number of carboxylic acid groups (broad SMARTS) is 1. The molecule has 1 aliphatic rings. The Labute approximate surface area is 150 Å². The maximum Gasteiger partial charge on any atom is 0.308 e. The van der Waals surface area contributed by atoms with Crippen LogP contribution in [0.2, 0.25) is 5.02 Å². The van der Waals surface area contributed by atoms with Crippen molar-refractivity contribution < 1.29 is 19.1 Å². The minimum atomic E-state index is -0.844. The van der Waals surface area contributed by atoms with Crippen LogP contribution in [-0.2, 0) is 16.0 Å². The zero-order valence-corrected chi connectivity index (χ0v) is 14.6. The van der Waals surface area contributed by atoms with Gasteiger partial charge in [0.15, 0.2) is 11.7 Å². The zero-order chi connectivity index (χ0) is 18.0. The number of oxazole rings is 1. The fourth-order valence-corrected chi connectivity index (χ4v) is 3.28. The van der Waals surface area contributed by atoms with Crippen molar-refractivity contribution >= 4 is 23.5 Å². The third kappa shape index (κ3) is 3.85. The van der Waals surface area contributed by atoms with Crippen LogP contribution in [0, 0.1) is 5.92 Å². The lowest BCUT2D eigenvalue weighted by Gasteiger charge is -2.23. The number of rotatable bonds is 5. The lowest BCUT2D eigenvalue weighted by molar-refractivity contribution is -0.143. The van der Waals surface area contributed by atoms with Crippen LogP contribution >= 0.6 is 11.6 Å². The highest BCUT2D eigenvalue weighted by molar-refractivity contribution is 6.30. The Morgan fingerprint density at radius 1 is 1.36 bits per heavy atom. The zero-order valence-electron chi connectivity index (χ0n) is 13.8. The molecule has 1 N–H and O–H groups in total. The van der Waals surface area contributed by atoms with Crippen LogP contribution in [0.3, 0.4) is 0 Å². The molecule has 1 aliphatic heterocycles. The first-order valence-corrected chi connectivity index (χ1v) is 8.56. The molecule has 0 bridgehead atoms. The Bertz CT molecular complexity index is 772. The van der Waals surface area contributed by atoms with E-state index >= 15 is 0 Å². The number of hydrogen-bond donors (Lipinski definition) is 1. The molecular formula is C18H19ClN2O4. The van der Waals surface area contributed by atoms with E-state index in [1.54, 1.807) is 30.2 Å². The van der Waals surface area contributed by atoms with Gasteiger partial charge in [0.25, 0.3) is 0 Å². The van der Waals surface area contributed by atoms with Crippen molar-refractivity contribution in [1.29, 1.82) is 0 Å². The van der Waals surface area contributed by atoms with E-state index in [1.807, 2.05) is 12.1 Å². The summed E-state index contributed by atoms with van der Waals surface area (Å²) < 4.78 is 5.69. The Morgan fingerprint density at radius 3 is 2.72 bits per heavy atom. The Hall–Kier alpha value is -2.34. The summed E-state index contributed by atoms with van der Waals surface area (Å²) in [5.74, 6) is -0.285. The molecule has 1 aromatic heterocycles. The van der Waals surface area contributed by atoms with E-state index in [1.165, 1.54) is 0 Å². The van der Waals surface area contributed by atoms with Gasteiger partial charge in [0, 0.05) is 36.0 Å². The molecule has 2 heterocycles.